The molecule has 0 saturated carbocycles. The van der Waals surface area contributed by atoms with E-state index in [9.17, 15) is 4.79 Å². The third kappa shape index (κ3) is 5.08. The molecule has 132 valence electrons. The fraction of sp³-hybridized carbons (Fsp3) is 0.111. The fourth-order valence-electron chi connectivity index (χ4n) is 2.28. The second-order valence-corrected chi connectivity index (χ2v) is 6.42. The molecule has 6 nitrogen and oxygen atoms in total. The van der Waals surface area contributed by atoms with Crippen LogP contribution in [-0.4, -0.2) is 27.2 Å². The van der Waals surface area contributed by atoms with Crippen LogP contribution in [0.4, 0.5) is 11.4 Å². The van der Waals surface area contributed by atoms with Crippen LogP contribution in [0, 0.1) is 0 Å². The Labute approximate surface area is 160 Å². The molecule has 1 aromatic heterocycles. The number of nitrogens with zero attached hydrogens (tertiary/aromatic N) is 2. The van der Waals surface area contributed by atoms with E-state index in [1.165, 1.54) is 5.56 Å². The Morgan fingerprint density at radius 2 is 1.69 bits per heavy atom. The molecule has 0 atom stereocenters. The molecule has 1 amide bonds. The van der Waals surface area contributed by atoms with Crippen molar-refractivity contribution in [3.63, 3.8) is 0 Å². The van der Waals surface area contributed by atoms with E-state index in [1.54, 1.807) is 11.4 Å². The largest absolute Gasteiger partial charge is 0.362 e. The van der Waals surface area contributed by atoms with Gasteiger partial charge in [0.1, 0.15) is 0 Å². The Hall–Kier alpha value is -2.84. The van der Waals surface area contributed by atoms with E-state index >= 15 is 0 Å². The number of rotatable bonds is 6. The van der Waals surface area contributed by atoms with E-state index in [0.717, 1.165) is 24.5 Å². The normalized spacial score (nSPS) is 10.2. The van der Waals surface area contributed by atoms with E-state index in [1.807, 2.05) is 36.4 Å². The molecule has 0 aliphatic rings. The first-order chi connectivity index (χ1) is 12.7. The number of hydrogen-bond acceptors (Lipinski definition) is 5. The number of benzene rings is 2. The Morgan fingerprint density at radius 3 is 2.38 bits per heavy atom. The number of thiocarbonyl (C=S) groups is 1. The lowest BCUT2D eigenvalue weighted by Crippen LogP contribution is -2.30. The number of carbonyl (C=O) groups is 1. The van der Waals surface area contributed by atoms with E-state index in [0.29, 0.717) is 16.5 Å². The monoisotopic (exact) mass is 383 g/mol. The Morgan fingerprint density at radius 1 is 1.00 bits per heavy atom. The average molecular weight is 384 g/mol. The molecule has 0 fully saturated rings. The molecule has 26 heavy (non-hydrogen) atoms. The molecule has 0 aliphatic heterocycles. The van der Waals surface area contributed by atoms with Gasteiger partial charge in [0.05, 0.1) is 11.4 Å². The second kappa shape index (κ2) is 9.02. The summed E-state index contributed by atoms with van der Waals surface area (Å²) < 4.78 is 3.70. The molecule has 0 bridgehead atoms. The summed E-state index contributed by atoms with van der Waals surface area (Å²) in [5.74, 6) is -0.309. The van der Waals surface area contributed by atoms with Crippen LogP contribution in [0.3, 0.4) is 0 Å². The van der Waals surface area contributed by atoms with Gasteiger partial charge in [0.25, 0.3) is 5.91 Å². The van der Waals surface area contributed by atoms with Gasteiger partial charge in [-0.3, -0.25) is 4.79 Å². The number of nitrogens with one attached hydrogen (secondary N) is 3. The molecule has 0 aliphatic carbocycles. The number of aromatic nitrogens is 2. The highest BCUT2D eigenvalue weighted by atomic mass is 32.1. The van der Waals surface area contributed by atoms with Gasteiger partial charge in [0.15, 0.2) is 10.8 Å². The van der Waals surface area contributed by atoms with Crippen LogP contribution in [0.2, 0.25) is 0 Å². The van der Waals surface area contributed by atoms with Crippen molar-refractivity contribution in [3.05, 3.63) is 71.2 Å². The van der Waals surface area contributed by atoms with Gasteiger partial charge >= 0.3 is 0 Å². The highest BCUT2D eigenvalue weighted by Crippen LogP contribution is 2.21. The molecule has 0 radical (unpaired) electrons. The molecule has 3 aromatic rings. The number of hydrogen-bond donors (Lipinski definition) is 3. The number of anilines is 2. The van der Waals surface area contributed by atoms with Crippen LogP contribution in [0.25, 0.3) is 0 Å². The Balaban J connectivity index is 1.55. The first kappa shape index (κ1) is 18.0. The predicted molar refractivity (Wildman–Crippen MR) is 109 cm³/mol. The van der Waals surface area contributed by atoms with E-state index < -0.39 is 0 Å². The predicted octanol–water partition coefficient (Wildman–Crippen LogP) is 3.32. The zero-order chi connectivity index (χ0) is 18.2. The van der Waals surface area contributed by atoms with Gasteiger partial charge in [-0.15, -0.1) is 5.10 Å². The van der Waals surface area contributed by atoms with Crippen LogP contribution >= 0.6 is 23.8 Å². The lowest BCUT2D eigenvalue weighted by atomic mass is 10.1. The van der Waals surface area contributed by atoms with E-state index in [-0.39, 0.29) is 11.6 Å². The van der Waals surface area contributed by atoms with E-state index in [2.05, 4.69) is 37.7 Å². The zero-order valence-corrected chi connectivity index (χ0v) is 15.4. The van der Waals surface area contributed by atoms with Gasteiger partial charge in [0, 0.05) is 11.9 Å². The minimum Gasteiger partial charge on any atom is -0.362 e. The van der Waals surface area contributed by atoms with Gasteiger partial charge in [-0.25, -0.2) is 0 Å². The Kier molecular flexibility index (Phi) is 6.24. The summed E-state index contributed by atoms with van der Waals surface area (Å²) >= 11 is 6.48. The van der Waals surface area contributed by atoms with Gasteiger partial charge in [0.2, 0.25) is 0 Å². The topological polar surface area (TPSA) is 78.9 Å². The SMILES string of the molecule is O=C(Nc1ccccc1NC(=S)NCCc1ccccc1)c1csnn1. The van der Waals surface area contributed by atoms with Crippen molar-refractivity contribution < 1.29 is 4.79 Å². The molecular formula is C18H17N5OS2. The minimum absolute atomic E-state index is 0.286. The van der Waals surface area contributed by atoms with Crippen molar-refractivity contribution in [2.45, 2.75) is 6.42 Å². The summed E-state index contributed by atoms with van der Waals surface area (Å²) in [6.07, 6.45) is 0.873. The maximum Gasteiger partial charge on any atom is 0.277 e. The molecule has 8 heteroatoms. The van der Waals surface area contributed by atoms with Crippen LogP contribution < -0.4 is 16.0 Å². The molecular weight excluding hydrogens is 366 g/mol. The smallest absolute Gasteiger partial charge is 0.277 e. The van der Waals surface area contributed by atoms with Gasteiger partial charge in [-0.1, -0.05) is 47.0 Å². The van der Waals surface area contributed by atoms with Crippen molar-refractivity contribution in [2.75, 3.05) is 17.2 Å². The lowest BCUT2D eigenvalue weighted by Gasteiger charge is -2.14. The first-order valence-electron chi connectivity index (χ1n) is 7.98. The lowest BCUT2D eigenvalue weighted by molar-refractivity contribution is 0.102. The summed E-state index contributed by atoms with van der Waals surface area (Å²) in [7, 11) is 0. The van der Waals surface area contributed by atoms with Crippen molar-refractivity contribution >= 4 is 46.1 Å². The third-order valence-corrected chi connectivity index (χ3v) is 4.31. The highest BCUT2D eigenvalue weighted by molar-refractivity contribution is 7.80. The highest BCUT2D eigenvalue weighted by Gasteiger charge is 2.11. The van der Waals surface area contributed by atoms with E-state index in [4.69, 9.17) is 12.2 Å². The molecule has 3 N–H and O–H groups in total. The maximum absolute atomic E-state index is 12.2. The first-order valence-corrected chi connectivity index (χ1v) is 9.23. The van der Waals surface area contributed by atoms with Crippen molar-refractivity contribution in [3.8, 4) is 0 Å². The molecule has 2 aromatic carbocycles. The average Bonchev–Trinajstić information content (AvgIpc) is 3.19. The van der Waals surface area contributed by atoms with Gasteiger partial charge in [-0.2, -0.15) is 0 Å². The molecule has 0 spiro atoms. The molecule has 1 heterocycles. The van der Waals surface area contributed by atoms with Crippen LogP contribution in [0.5, 0.6) is 0 Å². The summed E-state index contributed by atoms with van der Waals surface area (Å²) in [6.45, 7) is 0.717. The van der Waals surface area contributed by atoms with Crippen molar-refractivity contribution in [1.29, 1.82) is 0 Å². The second-order valence-electron chi connectivity index (χ2n) is 5.41. The molecule has 0 saturated heterocycles. The number of carbonyl (C=O) groups excluding carboxylic acids is 1. The summed E-state index contributed by atoms with van der Waals surface area (Å²) in [4.78, 5) is 12.2. The van der Waals surface area contributed by atoms with Gasteiger partial charge in [-0.05, 0) is 47.9 Å². The maximum atomic E-state index is 12.2. The quantitative estimate of drug-likeness (QED) is 0.567. The number of para-hydroxylation sites is 2. The van der Waals surface area contributed by atoms with Crippen LogP contribution in [0.15, 0.2) is 60.0 Å². The summed E-state index contributed by atoms with van der Waals surface area (Å²) in [5, 5.41) is 15.0. The molecule has 0 unspecified atom stereocenters. The standard InChI is InChI=1S/C18H17N5OS2/c24-17(16-12-26-23-22-16)20-14-8-4-5-9-15(14)21-18(25)19-11-10-13-6-2-1-3-7-13/h1-9,12H,10-11H2,(H,20,24)(H2,19,21,25). The van der Waals surface area contributed by atoms with Crippen LogP contribution in [-0.2, 0) is 6.42 Å². The van der Waals surface area contributed by atoms with Gasteiger partial charge < -0.3 is 16.0 Å². The van der Waals surface area contributed by atoms with Crippen molar-refractivity contribution in [2.24, 2.45) is 0 Å². The third-order valence-electron chi connectivity index (χ3n) is 3.56. The molecule has 3 rings (SSSR count). The summed E-state index contributed by atoms with van der Waals surface area (Å²) in [6, 6.07) is 17.5. The fourth-order valence-corrected chi connectivity index (χ4v) is 2.93. The summed E-state index contributed by atoms with van der Waals surface area (Å²) in [5.41, 5.74) is 2.86. The van der Waals surface area contributed by atoms with Crippen LogP contribution in [0.1, 0.15) is 16.1 Å². The van der Waals surface area contributed by atoms with Crippen molar-refractivity contribution in [1.82, 2.24) is 14.9 Å². The Bertz CT molecular complexity index is 868. The minimum atomic E-state index is -0.309. The zero-order valence-electron chi connectivity index (χ0n) is 13.8. The number of amides is 1.